The Morgan fingerprint density at radius 2 is 1.82 bits per heavy atom. The van der Waals surface area contributed by atoms with Gasteiger partial charge in [0.1, 0.15) is 15.7 Å². The second-order valence-corrected chi connectivity index (χ2v) is 4.30. The van der Waals surface area contributed by atoms with E-state index in [9.17, 15) is 18.7 Å². The van der Waals surface area contributed by atoms with Gasteiger partial charge in [-0.15, -0.1) is 0 Å². The average molecular weight is 239 g/mol. The molecule has 1 rings (SSSR count). The van der Waals surface area contributed by atoms with Crippen LogP contribution in [0.15, 0.2) is 30.3 Å². The number of halogens is 2. The summed E-state index contributed by atoms with van der Waals surface area (Å²) in [7, 11) is 1.80. The monoisotopic (exact) mass is 239 g/mol. The second-order valence-electron chi connectivity index (χ2n) is 4.30. The summed E-state index contributed by atoms with van der Waals surface area (Å²) in [5, 5.41) is 8.92. The zero-order valence-corrected chi connectivity index (χ0v) is 9.71. The van der Waals surface area contributed by atoms with Crippen LogP contribution in [0.3, 0.4) is 0 Å². The molecule has 0 aliphatic carbocycles. The molecule has 0 spiro atoms. The predicted octanol–water partition coefficient (Wildman–Crippen LogP) is -1.15. The summed E-state index contributed by atoms with van der Waals surface area (Å²) < 4.78 is 26.7. The third-order valence-electron chi connectivity index (χ3n) is 2.35. The van der Waals surface area contributed by atoms with Gasteiger partial charge in [0.2, 0.25) is 0 Å². The van der Waals surface area contributed by atoms with E-state index in [-0.39, 0.29) is 6.54 Å². The van der Waals surface area contributed by atoms with Crippen LogP contribution in [0.5, 0.6) is 0 Å². The minimum atomic E-state index is -3.82. The van der Waals surface area contributed by atoms with E-state index < -0.39 is 17.2 Å². The Balaban J connectivity index is 2.62. The number of hydrogen-bond donors (Lipinski definition) is 2. The van der Waals surface area contributed by atoms with Crippen molar-refractivity contribution in [1.29, 1.82) is 0 Å². The van der Waals surface area contributed by atoms with Crippen molar-refractivity contribution in [2.45, 2.75) is 17.9 Å². The molecular weight excluding hydrogens is 226 g/mol. The molecule has 3 nitrogen and oxygen atoms in total. The molecule has 0 aliphatic heterocycles. The first-order valence-electron chi connectivity index (χ1n) is 5.17. The second kappa shape index (κ2) is 4.87. The molecule has 0 heterocycles. The lowest BCUT2D eigenvalue weighted by Gasteiger charge is -2.28. The number of nitrogens with one attached hydrogen (secondary N) is 1. The Morgan fingerprint density at radius 1 is 1.29 bits per heavy atom. The van der Waals surface area contributed by atoms with Gasteiger partial charge in [-0.3, -0.25) is 4.79 Å². The van der Waals surface area contributed by atoms with Crippen LogP contribution in [-0.2, 0) is 11.3 Å². The average Bonchev–Trinajstić information content (AvgIpc) is 2.25. The topological polar surface area (TPSA) is 49.3 Å². The number of hydrogen-bond acceptors (Lipinski definition) is 2. The lowest BCUT2D eigenvalue weighted by atomic mass is 9.61. The molecule has 7 heteroatoms. The van der Waals surface area contributed by atoms with Crippen molar-refractivity contribution in [3.05, 3.63) is 35.9 Å². The molecule has 0 atom stereocenters. The summed E-state index contributed by atoms with van der Waals surface area (Å²) in [5.41, 5.74) is 0.715. The number of alkyl halides is 2. The van der Waals surface area contributed by atoms with E-state index in [1.165, 1.54) is 0 Å². The van der Waals surface area contributed by atoms with Crippen LogP contribution in [-0.4, -0.2) is 38.0 Å². The minimum Gasteiger partial charge on any atom is -0.401 e. The summed E-state index contributed by atoms with van der Waals surface area (Å²) >= 11 is 0. The van der Waals surface area contributed by atoms with Gasteiger partial charge in [0.15, 0.2) is 0 Å². The lowest BCUT2D eigenvalue weighted by molar-refractivity contribution is -0.159. The van der Waals surface area contributed by atoms with Crippen molar-refractivity contribution < 1.29 is 18.7 Å². The molecule has 0 aromatic heterocycles. The minimum absolute atomic E-state index is 0.00530. The summed E-state index contributed by atoms with van der Waals surface area (Å²) in [6, 6.07) is 8.70. The van der Waals surface area contributed by atoms with Crippen LogP contribution in [0.25, 0.3) is 0 Å². The van der Waals surface area contributed by atoms with Gasteiger partial charge < -0.3 is 10.4 Å². The zero-order chi connectivity index (χ0) is 13.1. The highest BCUT2D eigenvalue weighted by molar-refractivity contribution is 6.41. The molecule has 0 saturated carbocycles. The van der Waals surface area contributed by atoms with Gasteiger partial charge in [-0.05, 0) is 5.56 Å². The van der Waals surface area contributed by atoms with E-state index in [1.807, 2.05) is 0 Å². The van der Waals surface area contributed by atoms with Crippen molar-refractivity contribution in [2.75, 3.05) is 0 Å². The van der Waals surface area contributed by atoms with Crippen LogP contribution >= 0.6 is 0 Å². The molecule has 0 bridgehead atoms. The fraction of sp³-hybridized carbons (Fsp3) is 0.300. The number of rotatable bonds is 4. The van der Waals surface area contributed by atoms with Gasteiger partial charge in [-0.25, -0.2) is 0 Å². The van der Waals surface area contributed by atoms with E-state index >= 15 is 0 Å². The Hall–Kier alpha value is -1.36. The van der Waals surface area contributed by atoms with Gasteiger partial charge in [0, 0.05) is 6.54 Å². The van der Waals surface area contributed by atoms with Crippen molar-refractivity contribution in [3.63, 3.8) is 0 Å². The number of carbonyl (C=O) groups is 1. The summed E-state index contributed by atoms with van der Waals surface area (Å²) in [5.74, 6) is -5.30. The molecular formula is C10H13B2F2NO2. The maximum Gasteiger partial charge on any atom is 0.337 e. The fourth-order valence-electron chi connectivity index (χ4n) is 1.17. The molecule has 0 unspecified atom stereocenters. The Bertz CT molecular complexity index is 393. The highest BCUT2D eigenvalue weighted by Crippen LogP contribution is 2.23. The third kappa shape index (κ3) is 3.30. The van der Waals surface area contributed by atoms with Gasteiger partial charge in [-0.2, -0.15) is 8.78 Å². The normalized spacial score (nSPS) is 12.2. The standard InChI is InChI=1S/C10H13B2F2NO2/c11-10(12,17)9(13,14)8(16)15-6-7-4-2-1-3-5-7/h1-5,17H,6,11-12H2,(H,15,16). The first-order chi connectivity index (χ1) is 7.75. The van der Waals surface area contributed by atoms with Crippen molar-refractivity contribution in [2.24, 2.45) is 0 Å². The first kappa shape index (κ1) is 13.7. The maximum absolute atomic E-state index is 13.4. The van der Waals surface area contributed by atoms with Crippen molar-refractivity contribution >= 4 is 21.6 Å². The molecule has 90 valence electrons. The highest BCUT2D eigenvalue weighted by atomic mass is 19.3. The molecule has 0 saturated heterocycles. The van der Waals surface area contributed by atoms with Gasteiger partial charge in [-0.1, -0.05) is 30.3 Å². The number of aliphatic hydroxyl groups is 1. The van der Waals surface area contributed by atoms with E-state index in [1.54, 1.807) is 30.3 Å². The zero-order valence-electron chi connectivity index (χ0n) is 9.71. The largest absolute Gasteiger partial charge is 0.401 e. The SMILES string of the molecule is BC(B)(O)C(F)(F)C(=O)NCc1ccccc1. The van der Waals surface area contributed by atoms with Gasteiger partial charge in [0.05, 0.1) is 5.40 Å². The van der Waals surface area contributed by atoms with E-state index in [2.05, 4.69) is 5.32 Å². The molecule has 0 fully saturated rings. The van der Waals surface area contributed by atoms with Crippen molar-refractivity contribution in [1.82, 2.24) is 5.32 Å². The van der Waals surface area contributed by atoms with E-state index in [4.69, 9.17) is 0 Å². The summed E-state index contributed by atoms with van der Waals surface area (Å²) in [6.45, 7) is 0.00530. The fourth-order valence-corrected chi connectivity index (χ4v) is 1.17. The van der Waals surface area contributed by atoms with E-state index in [0.717, 1.165) is 15.7 Å². The molecule has 0 radical (unpaired) electrons. The van der Waals surface area contributed by atoms with Crippen LogP contribution in [0.2, 0.25) is 0 Å². The van der Waals surface area contributed by atoms with Gasteiger partial charge >= 0.3 is 5.92 Å². The Morgan fingerprint density at radius 3 is 2.29 bits per heavy atom. The van der Waals surface area contributed by atoms with Crippen LogP contribution in [0.4, 0.5) is 8.78 Å². The molecule has 1 aromatic rings. The molecule has 17 heavy (non-hydrogen) atoms. The molecule has 2 N–H and O–H groups in total. The first-order valence-corrected chi connectivity index (χ1v) is 5.17. The predicted molar refractivity (Wildman–Crippen MR) is 65.3 cm³/mol. The number of amides is 1. The van der Waals surface area contributed by atoms with Crippen molar-refractivity contribution in [3.8, 4) is 0 Å². The van der Waals surface area contributed by atoms with E-state index in [0.29, 0.717) is 5.56 Å². The quantitative estimate of drug-likeness (QED) is 0.651. The van der Waals surface area contributed by atoms with Crippen LogP contribution < -0.4 is 5.32 Å². The van der Waals surface area contributed by atoms with Crippen LogP contribution in [0.1, 0.15) is 5.56 Å². The molecule has 0 aliphatic rings. The Kier molecular flexibility index (Phi) is 3.93. The number of carbonyl (C=O) groups excluding carboxylic acids is 1. The highest BCUT2D eigenvalue weighted by Gasteiger charge is 2.51. The lowest BCUT2D eigenvalue weighted by Crippen LogP contribution is -2.58. The molecule has 1 amide bonds. The number of benzene rings is 1. The van der Waals surface area contributed by atoms with Gasteiger partial charge in [0.25, 0.3) is 5.91 Å². The van der Waals surface area contributed by atoms with Crippen LogP contribution in [0, 0.1) is 0 Å². The smallest absolute Gasteiger partial charge is 0.337 e. The maximum atomic E-state index is 13.4. The summed E-state index contributed by atoms with van der Waals surface area (Å²) in [4.78, 5) is 11.3. The third-order valence-corrected chi connectivity index (χ3v) is 2.35. The Labute approximate surface area is 100 Å². The summed E-state index contributed by atoms with van der Waals surface area (Å²) in [6.07, 6.45) is 0. The molecule has 1 aromatic carbocycles.